The predicted molar refractivity (Wildman–Crippen MR) is 76.0 cm³/mol. The Balaban J connectivity index is 1.77. The average Bonchev–Trinajstić information content (AvgIpc) is 3.02. The van der Waals surface area contributed by atoms with Crippen molar-refractivity contribution in [3.8, 4) is 0 Å². The molecule has 2 aliphatic rings. The Morgan fingerprint density at radius 1 is 1.00 bits per heavy atom. The largest absolute Gasteiger partial charge is 0.0654 e. The van der Waals surface area contributed by atoms with Gasteiger partial charge in [-0.2, -0.15) is 0 Å². The normalized spacial score (nSPS) is 38.8. The molecule has 0 nitrogen and oxygen atoms in total. The van der Waals surface area contributed by atoms with Crippen LogP contribution in [-0.2, 0) is 0 Å². The molecule has 6 atom stereocenters. The van der Waals surface area contributed by atoms with E-state index >= 15 is 0 Å². The van der Waals surface area contributed by atoms with Gasteiger partial charge in [0.1, 0.15) is 0 Å². The highest BCUT2D eigenvalue weighted by Crippen LogP contribution is 2.61. The van der Waals surface area contributed by atoms with Crippen molar-refractivity contribution in [2.24, 2.45) is 35.5 Å². The summed E-state index contributed by atoms with van der Waals surface area (Å²) in [6.07, 6.45) is 10.3. The van der Waals surface area contributed by atoms with Gasteiger partial charge in [-0.1, -0.05) is 53.4 Å². The molecule has 0 aliphatic heterocycles. The highest BCUT2D eigenvalue weighted by Gasteiger charge is 2.53. The first kappa shape index (κ1) is 13.4. The van der Waals surface area contributed by atoms with Crippen molar-refractivity contribution in [2.45, 2.75) is 72.6 Å². The van der Waals surface area contributed by atoms with E-state index in [0.717, 1.165) is 35.5 Å². The molecule has 0 amide bonds. The summed E-state index contributed by atoms with van der Waals surface area (Å²) in [5.74, 6) is 6.46. The molecule has 100 valence electrons. The number of hydrogen-bond donors (Lipinski definition) is 0. The summed E-state index contributed by atoms with van der Waals surface area (Å²) in [5.41, 5.74) is 0. The van der Waals surface area contributed by atoms with Crippen LogP contribution in [0, 0.1) is 35.5 Å². The monoisotopic (exact) mass is 236 g/mol. The van der Waals surface area contributed by atoms with Gasteiger partial charge in [-0.3, -0.25) is 0 Å². The van der Waals surface area contributed by atoms with Gasteiger partial charge < -0.3 is 0 Å². The maximum Gasteiger partial charge on any atom is -0.0349 e. The van der Waals surface area contributed by atoms with Gasteiger partial charge in [0.25, 0.3) is 0 Å². The highest BCUT2D eigenvalue weighted by atomic mass is 14.6. The summed E-state index contributed by atoms with van der Waals surface area (Å²) in [7, 11) is 0. The van der Waals surface area contributed by atoms with Crippen LogP contribution in [0.2, 0.25) is 0 Å². The van der Waals surface area contributed by atoms with Gasteiger partial charge in [0.05, 0.1) is 0 Å². The summed E-state index contributed by atoms with van der Waals surface area (Å²) in [5, 5.41) is 0. The van der Waals surface area contributed by atoms with Crippen molar-refractivity contribution < 1.29 is 0 Å². The minimum Gasteiger partial charge on any atom is -0.0654 e. The smallest absolute Gasteiger partial charge is 0.0349 e. The van der Waals surface area contributed by atoms with Gasteiger partial charge in [-0.25, -0.2) is 0 Å². The van der Waals surface area contributed by atoms with Crippen LogP contribution < -0.4 is 0 Å². The van der Waals surface area contributed by atoms with E-state index in [1.165, 1.54) is 32.1 Å². The standard InChI is InChI=1S/C17H32/c1-5-7-12(3)8-9-14(6-2)16-10-13(4)15-11-17(15)16/h12-17H,5-11H2,1-4H3. The molecule has 17 heavy (non-hydrogen) atoms. The van der Waals surface area contributed by atoms with Crippen molar-refractivity contribution in [2.75, 3.05) is 0 Å². The number of rotatable bonds is 7. The van der Waals surface area contributed by atoms with E-state index in [1.54, 1.807) is 12.8 Å². The Hall–Kier alpha value is 0. The fourth-order valence-electron chi connectivity index (χ4n) is 4.56. The Labute approximate surface area is 109 Å². The summed E-state index contributed by atoms with van der Waals surface area (Å²) in [6.45, 7) is 9.70. The number of fused-ring (bicyclic) bond motifs is 1. The third-order valence-electron chi connectivity index (χ3n) is 5.76. The SMILES string of the molecule is CCCC(C)CCC(CC)C1CC(C)C2CC21. The molecule has 0 N–H and O–H groups in total. The van der Waals surface area contributed by atoms with E-state index in [4.69, 9.17) is 0 Å². The van der Waals surface area contributed by atoms with E-state index in [2.05, 4.69) is 27.7 Å². The highest BCUT2D eigenvalue weighted by molar-refractivity contribution is 5.02. The average molecular weight is 236 g/mol. The van der Waals surface area contributed by atoms with Crippen LogP contribution in [0.3, 0.4) is 0 Å². The molecule has 0 aromatic carbocycles. The predicted octanol–water partition coefficient (Wildman–Crippen LogP) is 5.52. The van der Waals surface area contributed by atoms with Gasteiger partial charge in [-0.15, -0.1) is 0 Å². The Morgan fingerprint density at radius 2 is 1.76 bits per heavy atom. The quantitative estimate of drug-likeness (QED) is 0.546. The summed E-state index contributed by atoms with van der Waals surface area (Å²) in [6, 6.07) is 0. The third-order valence-corrected chi connectivity index (χ3v) is 5.76. The maximum absolute atomic E-state index is 2.50. The number of hydrogen-bond acceptors (Lipinski definition) is 0. The summed E-state index contributed by atoms with van der Waals surface area (Å²) >= 11 is 0. The molecular formula is C17H32. The molecule has 2 aliphatic carbocycles. The van der Waals surface area contributed by atoms with Gasteiger partial charge in [-0.05, 0) is 54.8 Å². The molecule has 0 radical (unpaired) electrons. The maximum atomic E-state index is 2.50. The van der Waals surface area contributed by atoms with E-state index in [-0.39, 0.29) is 0 Å². The van der Waals surface area contributed by atoms with Crippen LogP contribution in [0.25, 0.3) is 0 Å². The second-order valence-electron chi connectivity index (χ2n) is 7.08. The lowest BCUT2D eigenvalue weighted by Crippen LogP contribution is -2.16. The molecule has 2 rings (SSSR count). The lowest BCUT2D eigenvalue weighted by Gasteiger charge is -2.25. The molecule has 6 unspecified atom stereocenters. The zero-order valence-electron chi connectivity index (χ0n) is 12.4. The van der Waals surface area contributed by atoms with Crippen LogP contribution >= 0.6 is 0 Å². The minimum atomic E-state index is 0.961. The van der Waals surface area contributed by atoms with Crippen molar-refractivity contribution >= 4 is 0 Å². The van der Waals surface area contributed by atoms with Crippen LogP contribution in [-0.4, -0.2) is 0 Å². The van der Waals surface area contributed by atoms with Gasteiger partial charge in [0.2, 0.25) is 0 Å². The first-order valence-corrected chi connectivity index (χ1v) is 8.17. The Morgan fingerprint density at radius 3 is 2.24 bits per heavy atom. The first-order valence-electron chi connectivity index (χ1n) is 8.17. The Kier molecular flexibility index (Phi) is 4.55. The molecule has 2 fully saturated rings. The molecule has 0 aromatic rings. The van der Waals surface area contributed by atoms with Crippen molar-refractivity contribution in [1.29, 1.82) is 0 Å². The van der Waals surface area contributed by atoms with E-state index in [0.29, 0.717) is 0 Å². The second kappa shape index (κ2) is 5.76. The van der Waals surface area contributed by atoms with Crippen LogP contribution in [0.5, 0.6) is 0 Å². The lowest BCUT2D eigenvalue weighted by molar-refractivity contribution is 0.248. The zero-order chi connectivity index (χ0) is 12.4. The second-order valence-corrected chi connectivity index (χ2v) is 7.08. The lowest BCUT2D eigenvalue weighted by atomic mass is 9.80. The van der Waals surface area contributed by atoms with Crippen LogP contribution in [0.4, 0.5) is 0 Å². The third kappa shape index (κ3) is 3.06. The van der Waals surface area contributed by atoms with Crippen molar-refractivity contribution in [3.63, 3.8) is 0 Å². The fourth-order valence-corrected chi connectivity index (χ4v) is 4.56. The molecular weight excluding hydrogens is 204 g/mol. The van der Waals surface area contributed by atoms with Crippen molar-refractivity contribution in [1.82, 2.24) is 0 Å². The summed E-state index contributed by atoms with van der Waals surface area (Å²) in [4.78, 5) is 0. The molecule has 0 aromatic heterocycles. The van der Waals surface area contributed by atoms with Crippen molar-refractivity contribution in [3.05, 3.63) is 0 Å². The zero-order valence-corrected chi connectivity index (χ0v) is 12.4. The van der Waals surface area contributed by atoms with E-state index in [1.807, 2.05) is 0 Å². The van der Waals surface area contributed by atoms with Gasteiger partial charge >= 0.3 is 0 Å². The first-order chi connectivity index (χ1) is 8.17. The van der Waals surface area contributed by atoms with Crippen LogP contribution in [0.1, 0.15) is 72.6 Å². The summed E-state index contributed by atoms with van der Waals surface area (Å²) < 4.78 is 0. The molecule has 0 heterocycles. The Bertz CT molecular complexity index is 232. The topological polar surface area (TPSA) is 0 Å². The van der Waals surface area contributed by atoms with E-state index in [9.17, 15) is 0 Å². The van der Waals surface area contributed by atoms with Crippen LogP contribution in [0.15, 0.2) is 0 Å². The van der Waals surface area contributed by atoms with Gasteiger partial charge in [0, 0.05) is 0 Å². The van der Waals surface area contributed by atoms with E-state index < -0.39 is 0 Å². The minimum absolute atomic E-state index is 0.961. The van der Waals surface area contributed by atoms with Gasteiger partial charge in [0.15, 0.2) is 0 Å². The fraction of sp³-hybridized carbons (Fsp3) is 1.00. The molecule has 0 bridgehead atoms. The molecule has 0 saturated heterocycles. The molecule has 0 heteroatoms. The molecule has 0 spiro atoms. The molecule has 2 saturated carbocycles.